The lowest BCUT2D eigenvalue weighted by atomic mass is 10.2. The third-order valence-corrected chi connectivity index (χ3v) is 2.92. The third-order valence-electron chi connectivity index (χ3n) is 2.92. The molecule has 2 aromatic rings. The molecular weight excluding hydrogens is 250 g/mol. The number of morpholine rings is 1. The lowest BCUT2D eigenvalue weighted by Gasteiger charge is -2.22. The Morgan fingerprint density at radius 3 is 3.11 bits per heavy atom. The van der Waals surface area contributed by atoms with Crippen molar-refractivity contribution in [3.63, 3.8) is 0 Å². The highest BCUT2D eigenvalue weighted by atomic mass is 16.5. The van der Waals surface area contributed by atoms with Gasteiger partial charge in [-0.25, -0.2) is 4.79 Å². The number of hydrogen-bond acceptors (Lipinski definition) is 5. The molecule has 7 nitrogen and oxygen atoms in total. The minimum Gasteiger partial charge on any atom is -0.408 e. The van der Waals surface area contributed by atoms with E-state index < -0.39 is 5.76 Å². The van der Waals surface area contributed by atoms with Crippen molar-refractivity contribution in [1.82, 2.24) is 10.3 Å². The maximum atomic E-state index is 12.0. The van der Waals surface area contributed by atoms with Crippen molar-refractivity contribution in [1.29, 1.82) is 0 Å². The summed E-state index contributed by atoms with van der Waals surface area (Å²) in [6, 6.07) is 4.61. The third kappa shape index (κ3) is 2.51. The quantitative estimate of drug-likeness (QED) is 0.711. The van der Waals surface area contributed by atoms with E-state index in [0.29, 0.717) is 36.5 Å². The number of amides is 1. The molecule has 0 bridgehead atoms. The van der Waals surface area contributed by atoms with Crippen LogP contribution in [0.15, 0.2) is 27.4 Å². The molecule has 0 saturated carbocycles. The molecule has 3 rings (SSSR count). The van der Waals surface area contributed by atoms with Gasteiger partial charge in [-0.3, -0.25) is 9.78 Å². The minimum absolute atomic E-state index is 0.162. The Kier molecular flexibility index (Phi) is 3.06. The predicted octanol–water partition coefficient (Wildman–Crippen LogP) is 0.0480. The van der Waals surface area contributed by atoms with Crippen LogP contribution in [0.4, 0.5) is 5.69 Å². The van der Waals surface area contributed by atoms with Gasteiger partial charge < -0.3 is 19.8 Å². The number of carbonyl (C=O) groups is 1. The molecule has 1 fully saturated rings. The monoisotopic (exact) mass is 263 g/mol. The molecule has 0 radical (unpaired) electrons. The Balaban J connectivity index is 1.76. The van der Waals surface area contributed by atoms with Crippen LogP contribution in [0.3, 0.4) is 0 Å². The molecule has 3 N–H and O–H groups in total. The van der Waals surface area contributed by atoms with Gasteiger partial charge in [-0.1, -0.05) is 0 Å². The number of benzene rings is 1. The van der Waals surface area contributed by atoms with Crippen molar-refractivity contribution in [3.05, 3.63) is 28.7 Å². The molecule has 1 saturated heterocycles. The summed E-state index contributed by atoms with van der Waals surface area (Å²) in [5.74, 6) is -0.675. The average Bonchev–Trinajstić information content (AvgIpc) is 2.79. The number of aromatic amines is 1. The number of nitrogens with one attached hydrogen (secondary N) is 3. The van der Waals surface area contributed by atoms with Crippen molar-refractivity contribution >= 4 is 22.7 Å². The Labute approximate surface area is 107 Å². The number of rotatable bonds is 2. The fourth-order valence-corrected chi connectivity index (χ4v) is 1.99. The second-order valence-corrected chi connectivity index (χ2v) is 4.30. The van der Waals surface area contributed by atoms with Crippen molar-refractivity contribution in [3.8, 4) is 0 Å². The number of anilines is 1. The summed E-state index contributed by atoms with van der Waals surface area (Å²) in [6.45, 7) is 1.63. The molecule has 100 valence electrons. The molecule has 7 heteroatoms. The largest absolute Gasteiger partial charge is 0.417 e. The Morgan fingerprint density at radius 2 is 2.32 bits per heavy atom. The zero-order valence-corrected chi connectivity index (χ0v) is 10.1. The fraction of sp³-hybridized carbons (Fsp3) is 0.333. The number of aromatic nitrogens is 1. The number of carbonyl (C=O) groups excluding carboxylic acids is 1. The average molecular weight is 263 g/mol. The van der Waals surface area contributed by atoms with E-state index in [1.807, 2.05) is 0 Å². The topological polar surface area (TPSA) is 96.4 Å². The zero-order valence-electron chi connectivity index (χ0n) is 10.1. The fourth-order valence-electron chi connectivity index (χ4n) is 1.99. The zero-order chi connectivity index (χ0) is 13.2. The van der Waals surface area contributed by atoms with Crippen LogP contribution in [-0.2, 0) is 9.53 Å². The number of fused-ring (bicyclic) bond motifs is 1. The summed E-state index contributed by atoms with van der Waals surface area (Å²) in [4.78, 5) is 25.5. The van der Waals surface area contributed by atoms with E-state index >= 15 is 0 Å². The second-order valence-electron chi connectivity index (χ2n) is 4.30. The Bertz CT molecular complexity index is 654. The molecule has 1 atom stereocenters. The van der Waals surface area contributed by atoms with Crippen LogP contribution in [0.1, 0.15) is 0 Å². The van der Waals surface area contributed by atoms with Crippen molar-refractivity contribution in [2.75, 3.05) is 25.1 Å². The van der Waals surface area contributed by atoms with Gasteiger partial charge in [0.05, 0.1) is 18.7 Å². The number of oxazole rings is 1. The maximum Gasteiger partial charge on any atom is 0.417 e. The predicted molar refractivity (Wildman–Crippen MR) is 68.1 cm³/mol. The molecule has 1 aromatic carbocycles. The molecule has 1 aliphatic rings. The van der Waals surface area contributed by atoms with E-state index in [0.717, 1.165) is 0 Å². The van der Waals surface area contributed by atoms with E-state index in [1.54, 1.807) is 18.2 Å². The van der Waals surface area contributed by atoms with Crippen molar-refractivity contribution < 1.29 is 13.9 Å². The molecule has 0 spiro atoms. The molecule has 0 aliphatic carbocycles. The minimum atomic E-state index is -0.513. The molecule has 19 heavy (non-hydrogen) atoms. The van der Waals surface area contributed by atoms with Gasteiger partial charge in [0.2, 0.25) is 5.91 Å². The normalized spacial score (nSPS) is 19.5. The number of hydrogen-bond donors (Lipinski definition) is 3. The summed E-state index contributed by atoms with van der Waals surface area (Å²) in [7, 11) is 0. The lowest BCUT2D eigenvalue weighted by molar-refractivity contribution is -0.120. The molecule has 1 aliphatic heterocycles. The van der Waals surface area contributed by atoms with Crippen LogP contribution in [-0.4, -0.2) is 36.7 Å². The van der Waals surface area contributed by atoms with Crippen LogP contribution in [0.5, 0.6) is 0 Å². The van der Waals surface area contributed by atoms with Crippen LogP contribution in [0, 0.1) is 0 Å². The Morgan fingerprint density at radius 1 is 1.42 bits per heavy atom. The first-order chi connectivity index (χ1) is 9.22. The highest BCUT2D eigenvalue weighted by Crippen LogP contribution is 2.16. The molecule has 1 aromatic heterocycles. The van der Waals surface area contributed by atoms with Gasteiger partial charge in [-0.15, -0.1) is 0 Å². The van der Waals surface area contributed by atoms with E-state index in [1.165, 1.54) is 0 Å². The number of H-pyrrole nitrogens is 1. The van der Waals surface area contributed by atoms with Crippen LogP contribution < -0.4 is 16.4 Å². The van der Waals surface area contributed by atoms with Crippen molar-refractivity contribution in [2.45, 2.75) is 6.04 Å². The van der Waals surface area contributed by atoms with Gasteiger partial charge in [0.15, 0.2) is 5.58 Å². The van der Waals surface area contributed by atoms with E-state index in [4.69, 9.17) is 9.15 Å². The SMILES string of the molecule is O=C(Nc1ccc2oc(=O)[nH]c2c1)C1COCCN1. The smallest absolute Gasteiger partial charge is 0.408 e. The van der Waals surface area contributed by atoms with E-state index in [9.17, 15) is 9.59 Å². The first-order valence-electron chi connectivity index (χ1n) is 5.97. The maximum absolute atomic E-state index is 12.0. The van der Waals surface area contributed by atoms with Gasteiger partial charge >= 0.3 is 5.76 Å². The standard InChI is InChI=1S/C12H13N3O4/c16-11(9-6-18-4-3-13-9)14-7-1-2-10-8(5-7)15-12(17)19-10/h1-2,5,9,13H,3-4,6H2,(H,14,16)(H,15,17). The van der Waals surface area contributed by atoms with Crippen LogP contribution in [0.2, 0.25) is 0 Å². The van der Waals surface area contributed by atoms with E-state index in [-0.39, 0.29) is 11.9 Å². The summed E-state index contributed by atoms with van der Waals surface area (Å²) in [5, 5.41) is 5.83. The highest BCUT2D eigenvalue weighted by molar-refractivity contribution is 5.96. The van der Waals surface area contributed by atoms with Gasteiger partial charge in [-0.2, -0.15) is 0 Å². The van der Waals surface area contributed by atoms with Gasteiger partial charge in [-0.05, 0) is 18.2 Å². The summed E-state index contributed by atoms with van der Waals surface area (Å²) >= 11 is 0. The molecule has 2 heterocycles. The summed E-state index contributed by atoms with van der Waals surface area (Å²) in [6.07, 6.45) is 0. The summed E-state index contributed by atoms with van der Waals surface area (Å²) in [5.41, 5.74) is 1.61. The highest BCUT2D eigenvalue weighted by Gasteiger charge is 2.21. The molecular formula is C12H13N3O4. The van der Waals surface area contributed by atoms with Gasteiger partial charge in [0, 0.05) is 12.2 Å². The van der Waals surface area contributed by atoms with Crippen molar-refractivity contribution in [2.24, 2.45) is 0 Å². The van der Waals surface area contributed by atoms with Crippen LogP contribution >= 0.6 is 0 Å². The Hall–Kier alpha value is -2.12. The summed E-state index contributed by atoms with van der Waals surface area (Å²) < 4.78 is 10.1. The first-order valence-corrected chi connectivity index (χ1v) is 5.97. The number of ether oxygens (including phenoxy) is 1. The molecule has 1 unspecified atom stereocenters. The first kappa shape index (κ1) is 11.9. The second kappa shape index (κ2) is 4.87. The molecule has 1 amide bonds. The van der Waals surface area contributed by atoms with Gasteiger partial charge in [0.25, 0.3) is 0 Å². The van der Waals surface area contributed by atoms with E-state index in [2.05, 4.69) is 15.6 Å². The van der Waals surface area contributed by atoms with Crippen LogP contribution in [0.25, 0.3) is 11.1 Å². The lowest BCUT2D eigenvalue weighted by Crippen LogP contribution is -2.48. The van der Waals surface area contributed by atoms with Gasteiger partial charge in [0.1, 0.15) is 6.04 Å².